The molecule has 0 saturated carbocycles. The zero-order valence-electron chi connectivity index (χ0n) is 13.4. The van der Waals surface area contributed by atoms with Gasteiger partial charge in [-0.3, -0.25) is 9.13 Å². The van der Waals surface area contributed by atoms with Gasteiger partial charge in [-0.2, -0.15) is 0 Å². The van der Waals surface area contributed by atoms with Crippen LogP contribution in [-0.4, -0.2) is 16.2 Å². The Morgan fingerprint density at radius 2 is 1.81 bits per heavy atom. The average molecular weight is 354 g/mol. The van der Waals surface area contributed by atoms with E-state index in [4.69, 9.17) is 0 Å². The van der Waals surface area contributed by atoms with E-state index in [2.05, 4.69) is 41.2 Å². The van der Waals surface area contributed by atoms with Crippen LogP contribution in [0.5, 0.6) is 0 Å². The van der Waals surface area contributed by atoms with Crippen LogP contribution in [0.3, 0.4) is 0 Å². The quantitative estimate of drug-likeness (QED) is 0.895. The molecule has 0 aliphatic heterocycles. The van der Waals surface area contributed by atoms with E-state index in [0.29, 0.717) is 5.92 Å². The lowest BCUT2D eigenvalue weighted by Gasteiger charge is -2.21. The lowest BCUT2D eigenvalue weighted by atomic mass is 9.94. The molecule has 2 atom stereocenters. The summed E-state index contributed by atoms with van der Waals surface area (Å²) in [5.41, 5.74) is 3.16. The highest BCUT2D eigenvalue weighted by Gasteiger charge is 2.18. The van der Waals surface area contributed by atoms with Crippen molar-refractivity contribution in [3.05, 3.63) is 32.7 Å². The molecule has 5 heteroatoms. The number of fused-ring (bicyclic) bond motifs is 1. The van der Waals surface area contributed by atoms with E-state index < -0.39 is 0 Å². The van der Waals surface area contributed by atoms with Crippen molar-refractivity contribution in [1.29, 1.82) is 0 Å². The van der Waals surface area contributed by atoms with Crippen molar-refractivity contribution in [2.75, 3.05) is 7.05 Å². The fraction of sp³-hybridized carbons (Fsp3) is 0.562. The van der Waals surface area contributed by atoms with Gasteiger partial charge in [0.1, 0.15) is 0 Å². The van der Waals surface area contributed by atoms with Crippen molar-refractivity contribution in [1.82, 2.24) is 14.5 Å². The number of aromatic nitrogens is 2. The van der Waals surface area contributed by atoms with Gasteiger partial charge in [-0.05, 0) is 37.1 Å². The Hall–Kier alpha value is -1.07. The maximum atomic E-state index is 12.1. The molecular formula is C16H24BrN3O. The van der Waals surface area contributed by atoms with Crippen molar-refractivity contribution in [3.8, 4) is 0 Å². The highest BCUT2D eigenvalue weighted by Crippen LogP contribution is 2.32. The van der Waals surface area contributed by atoms with E-state index in [0.717, 1.165) is 21.9 Å². The molecule has 1 N–H and O–H groups in total. The molecule has 0 radical (unpaired) electrons. The highest BCUT2D eigenvalue weighted by atomic mass is 79.9. The van der Waals surface area contributed by atoms with E-state index in [1.165, 1.54) is 12.0 Å². The van der Waals surface area contributed by atoms with E-state index >= 15 is 0 Å². The second-order valence-corrected chi connectivity index (χ2v) is 6.71. The second-order valence-electron chi connectivity index (χ2n) is 5.85. The summed E-state index contributed by atoms with van der Waals surface area (Å²) >= 11 is 3.67. The van der Waals surface area contributed by atoms with E-state index in [1.54, 1.807) is 9.13 Å². The van der Waals surface area contributed by atoms with Crippen LogP contribution in [0.1, 0.15) is 38.3 Å². The first-order valence-electron chi connectivity index (χ1n) is 7.42. The fourth-order valence-electron chi connectivity index (χ4n) is 2.77. The summed E-state index contributed by atoms with van der Waals surface area (Å²) in [6, 6.07) is 4.46. The topological polar surface area (TPSA) is 39.0 Å². The van der Waals surface area contributed by atoms with Crippen LogP contribution in [0.2, 0.25) is 0 Å². The summed E-state index contributed by atoms with van der Waals surface area (Å²) in [5, 5.41) is 3.41. The zero-order chi connectivity index (χ0) is 15.7. The Morgan fingerprint density at radius 3 is 2.33 bits per heavy atom. The Morgan fingerprint density at radius 1 is 1.24 bits per heavy atom. The van der Waals surface area contributed by atoms with Crippen LogP contribution in [0.15, 0.2) is 21.4 Å². The molecule has 4 nitrogen and oxygen atoms in total. The lowest BCUT2D eigenvalue weighted by molar-refractivity contribution is 0.421. The lowest BCUT2D eigenvalue weighted by Crippen LogP contribution is -2.20. The molecule has 1 aromatic carbocycles. The first-order valence-corrected chi connectivity index (χ1v) is 8.22. The average Bonchev–Trinajstić information content (AvgIpc) is 2.68. The Balaban J connectivity index is 2.56. The summed E-state index contributed by atoms with van der Waals surface area (Å²) < 4.78 is 4.45. The Kier molecular flexibility index (Phi) is 4.94. The third-order valence-electron chi connectivity index (χ3n) is 4.45. The Labute approximate surface area is 134 Å². The van der Waals surface area contributed by atoms with Crippen LogP contribution in [0, 0.1) is 5.92 Å². The van der Waals surface area contributed by atoms with Crippen LogP contribution >= 0.6 is 15.9 Å². The predicted molar refractivity (Wildman–Crippen MR) is 91.7 cm³/mol. The third kappa shape index (κ3) is 2.94. The van der Waals surface area contributed by atoms with Crippen LogP contribution in [0.4, 0.5) is 0 Å². The number of nitrogens with zero attached hydrogens (tertiary/aromatic N) is 2. The minimum atomic E-state index is 0.0111. The molecule has 2 unspecified atom stereocenters. The van der Waals surface area contributed by atoms with Crippen LogP contribution < -0.4 is 11.0 Å². The summed E-state index contributed by atoms with van der Waals surface area (Å²) in [4.78, 5) is 12.1. The smallest absolute Gasteiger partial charge is 0.313 e. The number of benzene rings is 1. The monoisotopic (exact) mass is 353 g/mol. The molecule has 1 aromatic heterocycles. The van der Waals surface area contributed by atoms with Gasteiger partial charge < -0.3 is 5.32 Å². The summed E-state index contributed by atoms with van der Waals surface area (Å²) in [6.07, 6.45) is 2.25. The van der Waals surface area contributed by atoms with Crippen LogP contribution in [0.25, 0.3) is 11.0 Å². The number of imidazole rings is 1. The van der Waals surface area contributed by atoms with Gasteiger partial charge in [0.2, 0.25) is 0 Å². The van der Waals surface area contributed by atoms with Gasteiger partial charge in [-0.25, -0.2) is 4.79 Å². The molecule has 0 spiro atoms. The zero-order valence-corrected chi connectivity index (χ0v) is 15.0. The van der Waals surface area contributed by atoms with Crippen LogP contribution in [-0.2, 0) is 14.1 Å². The highest BCUT2D eigenvalue weighted by molar-refractivity contribution is 9.10. The second kappa shape index (κ2) is 6.36. The number of rotatable bonds is 5. The summed E-state index contributed by atoms with van der Waals surface area (Å²) in [6.45, 7) is 4.49. The minimum absolute atomic E-state index is 0.0111. The number of nitrogens with one attached hydrogen (secondary N) is 1. The molecule has 21 heavy (non-hydrogen) atoms. The van der Waals surface area contributed by atoms with E-state index in [-0.39, 0.29) is 11.7 Å². The molecule has 0 bridgehead atoms. The van der Waals surface area contributed by atoms with Gasteiger partial charge in [0.25, 0.3) is 0 Å². The van der Waals surface area contributed by atoms with Gasteiger partial charge >= 0.3 is 5.69 Å². The molecule has 0 amide bonds. The van der Waals surface area contributed by atoms with Crippen molar-refractivity contribution in [2.45, 2.75) is 32.7 Å². The van der Waals surface area contributed by atoms with Crippen molar-refractivity contribution in [2.24, 2.45) is 20.0 Å². The fourth-order valence-corrected chi connectivity index (χ4v) is 3.38. The van der Waals surface area contributed by atoms with Crippen molar-refractivity contribution < 1.29 is 0 Å². The first-order chi connectivity index (χ1) is 9.90. The molecular weight excluding hydrogens is 330 g/mol. The summed E-state index contributed by atoms with van der Waals surface area (Å²) in [7, 11) is 5.63. The van der Waals surface area contributed by atoms with Gasteiger partial charge in [0, 0.05) is 24.6 Å². The Bertz CT molecular complexity index is 702. The maximum absolute atomic E-state index is 12.1. The standard InChI is InChI=1S/C16H24BrN3O/c1-6-10(2)7-13(18-3)11-8-14-15(9-12(11)17)20(5)16(21)19(14)4/h8-10,13,18H,6-7H2,1-5H3. The molecule has 2 aromatic rings. The molecule has 0 saturated heterocycles. The number of hydrogen-bond donors (Lipinski definition) is 1. The maximum Gasteiger partial charge on any atom is 0.328 e. The van der Waals surface area contributed by atoms with E-state index in [9.17, 15) is 4.79 Å². The van der Waals surface area contributed by atoms with Crippen molar-refractivity contribution >= 4 is 27.0 Å². The van der Waals surface area contributed by atoms with Gasteiger partial charge in [0.05, 0.1) is 11.0 Å². The third-order valence-corrected chi connectivity index (χ3v) is 5.14. The normalized spacial score (nSPS) is 14.6. The van der Waals surface area contributed by atoms with Gasteiger partial charge in [-0.15, -0.1) is 0 Å². The van der Waals surface area contributed by atoms with Crippen molar-refractivity contribution in [3.63, 3.8) is 0 Å². The largest absolute Gasteiger partial charge is 0.328 e. The minimum Gasteiger partial charge on any atom is -0.313 e. The summed E-state index contributed by atoms with van der Waals surface area (Å²) in [5.74, 6) is 0.657. The molecule has 1 heterocycles. The molecule has 116 valence electrons. The van der Waals surface area contributed by atoms with Gasteiger partial charge in [-0.1, -0.05) is 36.2 Å². The number of hydrogen-bond acceptors (Lipinski definition) is 2. The van der Waals surface area contributed by atoms with Gasteiger partial charge in [0.15, 0.2) is 0 Å². The first kappa shape index (κ1) is 16.3. The molecule has 0 aliphatic carbocycles. The number of halogens is 1. The van der Waals surface area contributed by atoms with E-state index in [1.807, 2.05) is 27.2 Å². The predicted octanol–water partition coefficient (Wildman–Crippen LogP) is 3.34. The SMILES string of the molecule is CCC(C)CC(NC)c1cc2c(cc1Br)n(C)c(=O)n2C. The molecule has 0 aliphatic rings. The number of aryl methyl sites for hydroxylation is 2. The molecule has 2 rings (SSSR count). The molecule has 0 fully saturated rings.